The summed E-state index contributed by atoms with van der Waals surface area (Å²) in [4.78, 5) is 11.4. The summed E-state index contributed by atoms with van der Waals surface area (Å²) in [5.41, 5.74) is -0.771. The average molecular weight is 247 g/mol. The van der Waals surface area contributed by atoms with E-state index in [1.54, 1.807) is 13.8 Å². The molecule has 0 radical (unpaired) electrons. The van der Waals surface area contributed by atoms with E-state index in [9.17, 15) is 9.90 Å². The molecule has 1 rings (SSSR count). The number of aliphatic hydroxyl groups is 1. The highest BCUT2D eigenvalue weighted by molar-refractivity contribution is 9.12. The lowest BCUT2D eigenvalue weighted by atomic mass is 9.92. The van der Waals surface area contributed by atoms with Crippen LogP contribution in [0.4, 0.5) is 0 Å². The Labute approximate surface area is 85.2 Å². The van der Waals surface area contributed by atoms with Crippen molar-refractivity contribution in [3.63, 3.8) is 0 Å². The van der Waals surface area contributed by atoms with Crippen LogP contribution in [-0.4, -0.2) is 23.6 Å². The van der Waals surface area contributed by atoms with Crippen molar-refractivity contribution in [1.29, 1.82) is 0 Å². The lowest BCUT2D eigenvalue weighted by Crippen LogP contribution is -2.32. The monoisotopic (exact) mass is 246 g/mol. The fourth-order valence-electron chi connectivity index (χ4n) is 1.40. The molecular formula is C9H11BrO3. The van der Waals surface area contributed by atoms with Crippen molar-refractivity contribution >= 4 is 21.7 Å². The van der Waals surface area contributed by atoms with Gasteiger partial charge in [0.25, 0.3) is 0 Å². The number of carbonyl (C=O) groups is 1. The summed E-state index contributed by atoms with van der Waals surface area (Å²) in [7, 11) is 1.44. The van der Waals surface area contributed by atoms with Gasteiger partial charge < -0.3 is 9.84 Å². The molecule has 1 N–H and O–H groups in total. The predicted molar refractivity (Wildman–Crippen MR) is 52.3 cm³/mol. The molecule has 0 spiro atoms. The van der Waals surface area contributed by atoms with Crippen molar-refractivity contribution < 1.29 is 14.6 Å². The Hall–Kier alpha value is -0.610. The highest BCUT2D eigenvalue weighted by Crippen LogP contribution is 2.32. The van der Waals surface area contributed by atoms with Crippen LogP contribution in [0.5, 0.6) is 0 Å². The second-order valence-corrected chi connectivity index (χ2v) is 3.98. The molecule has 72 valence electrons. The average Bonchev–Trinajstić information content (AvgIpc) is 2.00. The summed E-state index contributed by atoms with van der Waals surface area (Å²) in [6, 6.07) is 0. The first-order valence-corrected chi connectivity index (χ1v) is 4.60. The molecule has 0 bridgehead atoms. The molecule has 0 saturated carbocycles. The molecule has 1 unspecified atom stereocenters. The number of halogens is 1. The fraction of sp³-hybridized carbons (Fsp3) is 0.444. The van der Waals surface area contributed by atoms with Crippen molar-refractivity contribution in [2.45, 2.75) is 19.4 Å². The van der Waals surface area contributed by atoms with Gasteiger partial charge in [0, 0.05) is 5.57 Å². The summed E-state index contributed by atoms with van der Waals surface area (Å²) < 4.78 is 5.35. The number of rotatable bonds is 1. The minimum atomic E-state index is -1.20. The van der Waals surface area contributed by atoms with E-state index in [1.807, 2.05) is 0 Å². The first-order chi connectivity index (χ1) is 5.90. The number of Topliss-reactive ketones (excluding diaryl/α,β-unsaturated/α-hetero) is 1. The number of ether oxygens (including phenoxy) is 1. The third-order valence-electron chi connectivity index (χ3n) is 1.97. The largest absolute Gasteiger partial charge is 0.497 e. The van der Waals surface area contributed by atoms with Crippen molar-refractivity contribution in [1.82, 2.24) is 0 Å². The molecule has 0 aliphatic heterocycles. The van der Waals surface area contributed by atoms with Gasteiger partial charge in [0.1, 0.15) is 11.4 Å². The number of hydrogen-bond donors (Lipinski definition) is 1. The Morgan fingerprint density at radius 2 is 2.15 bits per heavy atom. The highest BCUT2D eigenvalue weighted by atomic mass is 79.9. The van der Waals surface area contributed by atoms with E-state index in [0.29, 0.717) is 15.8 Å². The van der Waals surface area contributed by atoms with E-state index in [2.05, 4.69) is 15.9 Å². The summed E-state index contributed by atoms with van der Waals surface area (Å²) >= 11 is 3.09. The van der Waals surface area contributed by atoms with E-state index in [-0.39, 0.29) is 5.78 Å². The second kappa shape index (κ2) is 3.27. The van der Waals surface area contributed by atoms with Gasteiger partial charge in [0.15, 0.2) is 5.78 Å². The number of ketones is 1. The van der Waals surface area contributed by atoms with Gasteiger partial charge in [0.2, 0.25) is 0 Å². The van der Waals surface area contributed by atoms with Crippen LogP contribution < -0.4 is 0 Å². The maximum atomic E-state index is 11.4. The minimum absolute atomic E-state index is 0.150. The van der Waals surface area contributed by atoms with Gasteiger partial charge in [-0.05, 0) is 35.9 Å². The molecule has 0 heterocycles. The van der Waals surface area contributed by atoms with Gasteiger partial charge in [0.05, 0.1) is 11.6 Å². The van der Waals surface area contributed by atoms with Crippen LogP contribution in [-0.2, 0) is 9.53 Å². The molecule has 1 aliphatic rings. The van der Waals surface area contributed by atoms with Crippen LogP contribution in [0.1, 0.15) is 13.8 Å². The lowest BCUT2D eigenvalue weighted by Gasteiger charge is -2.27. The van der Waals surface area contributed by atoms with E-state index >= 15 is 0 Å². The van der Waals surface area contributed by atoms with Gasteiger partial charge in [-0.1, -0.05) is 0 Å². The van der Waals surface area contributed by atoms with Crippen LogP contribution in [0.3, 0.4) is 0 Å². The normalized spacial score (nSPS) is 29.0. The summed E-state index contributed by atoms with van der Waals surface area (Å²) in [6.45, 7) is 3.20. The zero-order valence-corrected chi connectivity index (χ0v) is 9.31. The molecule has 1 atom stereocenters. The molecule has 0 aromatic rings. The third-order valence-corrected chi connectivity index (χ3v) is 2.56. The van der Waals surface area contributed by atoms with Crippen LogP contribution in [0.15, 0.2) is 21.9 Å². The number of hydrogen-bond acceptors (Lipinski definition) is 3. The van der Waals surface area contributed by atoms with Crippen LogP contribution in [0.25, 0.3) is 0 Å². The quantitative estimate of drug-likeness (QED) is 0.764. The first kappa shape index (κ1) is 10.5. The smallest absolute Gasteiger partial charge is 0.198 e. The third kappa shape index (κ3) is 1.69. The number of allylic oxidation sites excluding steroid dienone is 2. The maximum absolute atomic E-state index is 11.4. The molecule has 0 aromatic carbocycles. The Kier molecular flexibility index (Phi) is 2.63. The maximum Gasteiger partial charge on any atom is 0.198 e. The van der Waals surface area contributed by atoms with Crippen molar-refractivity contribution in [3.05, 3.63) is 21.9 Å². The van der Waals surface area contributed by atoms with Gasteiger partial charge in [-0.3, -0.25) is 4.79 Å². The van der Waals surface area contributed by atoms with E-state index < -0.39 is 5.60 Å². The van der Waals surface area contributed by atoms with Crippen molar-refractivity contribution in [2.75, 3.05) is 7.11 Å². The fourth-order valence-corrected chi connectivity index (χ4v) is 2.14. The Bertz CT molecular complexity index is 313. The Balaban J connectivity index is 3.25. The van der Waals surface area contributed by atoms with E-state index in [1.165, 1.54) is 13.2 Å². The summed E-state index contributed by atoms with van der Waals surface area (Å²) in [5, 5.41) is 9.85. The van der Waals surface area contributed by atoms with Crippen molar-refractivity contribution in [2.24, 2.45) is 0 Å². The Morgan fingerprint density at radius 1 is 1.62 bits per heavy atom. The van der Waals surface area contributed by atoms with Gasteiger partial charge >= 0.3 is 0 Å². The van der Waals surface area contributed by atoms with Crippen LogP contribution in [0.2, 0.25) is 0 Å². The van der Waals surface area contributed by atoms with Crippen LogP contribution >= 0.6 is 15.9 Å². The SMILES string of the molecule is COC1=C(C)C(=O)C(Br)=CC1(C)O. The minimum Gasteiger partial charge on any atom is -0.497 e. The van der Waals surface area contributed by atoms with Gasteiger partial charge in [-0.15, -0.1) is 0 Å². The molecule has 0 saturated heterocycles. The Morgan fingerprint density at radius 3 is 2.62 bits per heavy atom. The first-order valence-electron chi connectivity index (χ1n) is 3.81. The molecule has 13 heavy (non-hydrogen) atoms. The standard InChI is InChI=1S/C9H11BrO3/c1-5-7(11)6(10)4-9(2,12)8(5)13-3/h4,12H,1-3H3. The number of carbonyl (C=O) groups excluding carboxylic acids is 1. The molecule has 4 heteroatoms. The predicted octanol–water partition coefficient (Wildman–Crippen LogP) is 1.52. The van der Waals surface area contributed by atoms with Crippen molar-refractivity contribution in [3.8, 4) is 0 Å². The molecular weight excluding hydrogens is 236 g/mol. The van der Waals surface area contributed by atoms with Crippen LogP contribution in [0, 0.1) is 0 Å². The lowest BCUT2D eigenvalue weighted by molar-refractivity contribution is -0.112. The van der Waals surface area contributed by atoms with Gasteiger partial charge in [-0.2, -0.15) is 0 Å². The summed E-state index contributed by atoms with van der Waals surface area (Å²) in [5.74, 6) is 0.157. The molecule has 0 aromatic heterocycles. The number of methoxy groups -OCH3 is 1. The highest BCUT2D eigenvalue weighted by Gasteiger charge is 2.34. The van der Waals surface area contributed by atoms with E-state index in [0.717, 1.165) is 0 Å². The molecule has 1 aliphatic carbocycles. The topological polar surface area (TPSA) is 46.5 Å². The van der Waals surface area contributed by atoms with E-state index in [4.69, 9.17) is 4.74 Å². The zero-order chi connectivity index (χ0) is 10.2. The summed E-state index contributed by atoms with van der Waals surface area (Å²) in [6.07, 6.45) is 1.43. The zero-order valence-electron chi connectivity index (χ0n) is 7.72. The molecule has 0 amide bonds. The van der Waals surface area contributed by atoms with Gasteiger partial charge in [-0.25, -0.2) is 0 Å². The molecule has 0 fully saturated rings. The molecule has 3 nitrogen and oxygen atoms in total. The second-order valence-electron chi connectivity index (χ2n) is 3.13.